The molecule has 1 heterocycles. The maximum absolute atomic E-state index is 11.8. The molecule has 0 aromatic rings. The zero-order valence-electron chi connectivity index (χ0n) is 9.02. The molecule has 1 N–H and O–H groups in total. The van der Waals surface area contributed by atoms with Gasteiger partial charge in [0.05, 0.1) is 0 Å². The molecular formula is C8H19N3O2S. The smallest absolute Gasteiger partial charge is 0.281 e. The fourth-order valence-corrected chi connectivity index (χ4v) is 2.66. The average molecular weight is 221 g/mol. The maximum atomic E-state index is 11.8. The Hall–Kier alpha value is -0.170. The van der Waals surface area contributed by atoms with Crippen LogP contribution in [0.15, 0.2) is 0 Å². The molecule has 1 unspecified atom stereocenters. The molecule has 84 valence electrons. The van der Waals surface area contributed by atoms with Gasteiger partial charge < -0.3 is 5.32 Å². The first-order valence-electron chi connectivity index (χ1n) is 4.82. The summed E-state index contributed by atoms with van der Waals surface area (Å²) in [5.41, 5.74) is 0. The molecule has 0 aromatic carbocycles. The Kier molecular flexibility index (Phi) is 3.88. The Morgan fingerprint density at radius 1 is 1.29 bits per heavy atom. The number of nitrogens with one attached hydrogen (secondary N) is 1. The molecule has 1 aliphatic rings. The van der Waals surface area contributed by atoms with Crippen molar-refractivity contribution in [2.75, 3.05) is 34.2 Å². The number of likely N-dealkylation sites (N-methyl/N-ethyl adjacent to an activating group) is 1. The van der Waals surface area contributed by atoms with Crippen molar-refractivity contribution in [2.45, 2.75) is 18.9 Å². The summed E-state index contributed by atoms with van der Waals surface area (Å²) in [6, 6.07) is 0.0937. The lowest BCUT2D eigenvalue weighted by Gasteiger charge is -2.32. The van der Waals surface area contributed by atoms with Crippen molar-refractivity contribution in [3.05, 3.63) is 0 Å². The van der Waals surface area contributed by atoms with E-state index in [1.807, 2.05) is 0 Å². The van der Waals surface area contributed by atoms with Gasteiger partial charge in [-0.05, 0) is 19.4 Å². The minimum Gasteiger partial charge on any atom is -0.315 e. The van der Waals surface area contributed by atoms with Crippen LogP contribution in [-0.4, -0.2) is 57.3 Å². The molecule has 0 saturated carbocycles. The van der Waals surface area contributed by atoms with E-state index >= 15 is 0 Å². The van der Waals surface area contributed by atoms with E-state index in [1.165, 1.54) is 8.61 Å². The molecule has 1 fully saturated rings. The van der Waals surface area contributed by atoms with E-state index in [4.69, 9.17) is 0 Å². The summed E-state index contributed by atoms with van der Waals surface area (Å²) in [6.07, 6.45) is 1.98. The molecule has 0 spiro atoms. The van der Waals surface area contributed by atoms with Crippen molar-refractivity contribution in [3.63, 3.8) is 0 Å². The predicted molar refractivity (Wildman–Crippen MR) is 56.3 cm³/mol. The molecule has 14 heavy (non-hydrogen) atoms. The quantitative estimate of drug-likeness (QED) is 0.697. The van der Waals surface area contributed by atoms with Crippen LogP contribution in [-0.2, 0) is 10.2 Å². The highest BCUT2D eigenvalue weighted by Gasteiger charge is 2.28. The molecule has 1 aliphatic heterocycles. The topological polar surface area (TPSA) is 52.7 Å². The first kappa shape index (κ1) is 11.9. The Balaban J connectivity index is 2.68. The van der Waals surface area contributed by atoms with E-state index in [0.29, 0.717) is 0 Å². The highest BCUT2D eigenvalue weighted by molar-refractivity contribution is 7.86. The Bertz CT molecular complexity index is 270. The van der Waals surface area contributed by atoms with Crippen molar-refractivity contribution in [2.24, 2.45) is 0 Å². The van der Waals surface area contributed by atoms with Gasteiger partial charge in [-0.3, -0.25) is 0 Å². The van der Waals surface area contributed by atoms with E-state index in [1.54, 1.807) is 21.1 Å². The summed E-state index contributed by atoms with van der Waals surface area (Å²) in [6.45, 7) is 1.75. The van der Waals surface area contributed by atoms with Gasteiger partial charge >= 0.3 is 0 Å². The lowest BCUT2D eigenvalue weighted by molar-refractivity contribution is 0.286. The van der Waals surface area contributed by atoms with Gasteiger partial charge in [0.15, 0.2) is 0 Å². The average Bonchev–Trinajstić information content (AvgIpc) is 2.17. The van der Waals surface area contributed by atoms with Crippen LogP contribution in [0.4, 0.5) is 0 Å². The van der Waals surface area contributed by atoms with E-state index in [9.17, 15) is 8.42 Å². The van der Waals surface area contributed by atoms with Crippen LogP contribution in [0.2, 0.25) is 0 Å². The van der Waals surface area contributed by atoms with Crippen LogP contribution >= 0.6 is 0 Å². The molecule has 1 atom stereocenters. The highest BCUT2D eigenvalue weighted by atomic mass is 32.2. The number of hydrogen-bond acceptors (Lipinski definition) is 3. The first-order chi connectivity index (χ1) is 6.46. The highest BCUT2D eigenvalue weighted by Crippen LogP contribution is 2.13. The molecule has 0 amide bonds. The van der Waals surface area contributed by atoms with Gasteiger partial charge in [-0.1, -0.05) is 0 Å². The molecule has 0 aliphatic carbocycles. The molecule has 0 bridgehead atoms. The van der Waals surface area contributed by atoms with Crippen molar-refractivity contribution in [1.82, 2.24) is 13.9 Å². The predicted octanol–water partition coefficient (Wildman–Crippen LogP) is -0.523. The molecular weight excluding hydrogens is 202 g/mol. The molecule has 1 rings (SSSR count). The van der Waals surface area contributed by atoms with Gasteiger partial charge in [-0.2, -0.15) is 17.0 Å². The standard InChI is InChI=1S/C8H19N3O2S/c1-10(2)14(12,13)11(3)8-5-4-6-9-7-8/h8-9H,4-7H2,1-3H3. The third kappa shape index (κ3) is 2.44. The fraction of sp³-hybridized carbons (Fsp3) is 1.00. The number of piperidine rings is 1. The second-order valence-electron chi connectivity index (χ2n) is 3.81. The Labute approximate surface area is 86.3 Å². The van der Waals surface area contributed by atoms with Crippen molar-refractivity contribution < 1.29 is 8.42 Å². The first-order valence-corrected chi connectivity index (χ1v) is 6.22. The van der Waals surface area contributed by atoms with Crippen LogP contribution in [0.1, 0.15) is 12.8 Å². The lowest BCUT2D eigenvalue weighted by atomic mass is 10.1. The van der Waals surface area contributed by atoms with Crippen molar-refractivity contribution in [3.8, 4) is 0 Å². The zero-order valence-corrected chi connectivity index (χ0v) is 9.84. The van der Waals surface area contributed by atoms with E-state index < -0.39 is 10.2 Å². The van der Waals surface area contributed by atoms with Crippen LogP contribution in [0.3, 0.4) is 0 Å². The molecule has 0 radical (unpaired) electrons. The van der Waals surface area contributed by atoms with Gasteiger partial charge in [0.2, 0.25) is 0 Å². The van der Waals surface area contributed by atoms with Crippen molar-refractivity contribution >= 4 is 10.2 Å². The van der Waals surface area contributed by atoms with Gasteiger partial charge in [0.1, 0.15) is 0 Å². The lowest BCUT2D eigenvalue weighted by Crippen LogP contribution is -2.49. The van der Waals surface area contributed by atoms with E-state index in [0.717, 1.165) is 25.9 Å². The van der Waals surface area contributed by atoms with Gasteiger partial charge in [0.25, 0.3) is 10.2 Å². The SMILES string of the molecule is CN(C)S(=O)(=O)N(C)C1CCCNC1. The Morgan fingerprint density at radius 3 is 2.36 bits per heavy atom. The number of hydrogen-bond donors (Lipinski definition) is 1. The van der Waals surface area contributed by atoms with Gasteiger partial charge in [-0.15, -0.1) is 0 Å². The molecule has 6 heteroatoms. The molecule has 1 saturated heterocycles. The third-order valence-electron chi connectivity index (χ3n) is 2.61. The van der Waals surface area contributed by atoms with Crippen LogP contribution in [0.25, 0.3) is 0 Å². The van der Waals surface area contributed by atoms with Gasteiger partial charge in [0, 0.05) is 33.7 Å². The summed E-state index contributed by atoms with van der Waals surface area (Å²) in [7, 11) is 1.51. The summed E-state index contributed by atoms with van der Waals surface area (Å²) >= 11 is 0. The van der Waals surface area contributed by atoms with Crippen LogP contribution < -0.4 is 5.32 Å². The van der Waals surface area contributed by atoms with E-state index in [2.05, 4.69) is 5.32 Å². The molecule has 5 nitrogen and oxygen atoms in total. The largest absolute Gasteiger partial charge is 0.315 e. The van der Waals surface area contributed by atoms with E-state index in [-0.39, 0.29) is 6.04 Å². The molecule has 0 aromatic heterocycles. The second-order valence-corrected chi connectivity index (χ2v) is 6.01. The number of rotatable bonds is 3. The van der Waals surface area contributed by atoms with Crippen molar-refractivity contribution in [1.29, 1.82) is 0 Å². The number of nitrogens with zero attached hydrogens (tertiary/aromatic N) is 2. The normalized spacial score (nSPS) is 24.5. The minimum atomic E-state index is -3.25. The summed E-state index contributed by atoms with van der Waals surface area (Å²) in [5.74, 6) is 0. The zero-order chi connectivity index (χ0) is 10.8. The summed E-state index contributed by atoms with van der Waals surface area (Å²) in [4.78, 5) is 0. The maximum Gasteiger partial charge on any atom is 0.281 e. The summed E-state index contributed by atoms with van der Waals surface area (Å²) in [5, 5.41) is 3.20. The van der Waals surface area contributed by atoms with Crippen LogP contribution in [0, 0.1) is 0 Å². The fourth-order valence-electron chi connectivity index (χ4n) is 1.59. The van der Waals surface area contributed by atoms with Crippen LogP contribution in [0.5, 0.6) is 0 Å². The second kappa shape index (κ2) is 4.57. The summed E-state index contributed by atoms with van der Waals surface area (Å²) < 4.78 is 26.2. The minimum absolute atomic E-state index is 0.0937. The monoisotopic (exact) mass is 221 g/mol. The third-order valence-corrected chi connectivity index (χ3v) is 4.56. The Morgan fingerprint density at radius 2 is 1.93 bits per heavy atom. The van der Waals surface area contributed by atoms with Gasteiger partial charge in [-0.25, -0.2) is 0 Å².